The summed E-state index contributed by atoms with van der Waals surface area (Å²) in [6, 6.07) is 10.6. The van der Waals surface area contributed by atoms with Crippen LogP contribution in [0.2, 0.25) is 10.0 Å². The minimum absolute atomic E-state index is 0.0356. The van der Waals surface area contributed by atoms with Gasteiger partial charge in [-0.3, -0.25) is 14.5 Å². The van der Waals surface area contributed by atoms with Crippen LogP contribution in [0.4, 0.5) is 15.8 Å². The molecule has 0 radical (unpaired) electrons. The Hall–Kier alpha value is -3.34. The average molecular weight is 469 g/mol. The molecule has 1 unspecified atom stereocenters. The van der Waals surface area contributed by atoms with Gasteiger partial charge in [0.05, 0.1) is 11.3 Å². The van der Waals surface area contributed by atoms with Crippen LogP contribution in [-0.4, -0.2) is 11.7 Å². The maximum Gasteiger partial charge on any atom is 0.245 e. The number of halogens is 3. The van der Waals surface area contributed by atoms with Crippen LogP contribution in [0.3, 0.4) is 0 Å². The van der Waals surface area contributed by atoms with E-state index in [1.54, 1.807) is 23.1 Å². The number of carbonyl (C=O) groups is 2. The van der Waals surface area contributed by atoms with Crippen LogP contribution in [-0.2, 0) is 15.0 Å². The normalized spacial score (nSPS) is 22.1. The lowest BCUT2D eigenvalue weighted by Crippen LogP contribution is -2.50. The number of hydrogen-bond acceptors (Lipinski definition) is 5. The van der Waals surface area contributed by atoms with E-state index >= 15 is 0 Å². The van der Waals surface area contributed by atoms with Gasteiger partial charge < -0.3 is 11.1 Å². The van der Waals surface area contributed by atoms with Crippen LogP contribution >= 0.6 is 23.2 Å². The third-order valence-electron chi connectivity index (χ3n) is 6.09. The number of nitrogens with one attached hydrogen (secondary N) is 1. The molecule has 2 aromatic carbocycles. The molecule has 2 aromatic rings. The fraction of sp³-hybridized carbons (Fsp3) is 0.174. The Morgan fingerprint density at radius 2 is 1.84 bits per heavy atom. The average Bonchev–Trinajstić information content (AvgIpc) is 3.00. The molecule has 1 aliphatic carbocycles. The van der Waals surface area contributed by atoms with Crippen molar-refractivity contribution in [2.45, 2.75) is 24.7 Å². The molecule has 1 atom stereocenters. The Labute approximate surface area is 192 Å². The lowest BCUT2D eigenvalue weighted by molar-refractivity contribution is -0.122. The number of nitriles is 1. The highest BCUT2D eigenvalue weighted by atomic mass is 35.5. The minimum atomic E-state index is -1.82. The summed E-state index contributed by atoms with van der Waals surface area (Å²) < 4.78 is 14.3. The van der Waals surface area contributed by atoms with Crippen molar-refractivity contribution in [2.75, 3.05) is 10.2 Å². The molecule has 3 aliphatic rings. The summed E-state index contributed by atoms with van der Waals surface area (Å²) in [5.74, 6) is -1.53. The van der Waals surface area contributed by atoms with Gasteiger partial charge in [-0.15, -0.1) is 0 Å². The fourth-order valence-corrected chi connectivity index (χ4v) is 5.44. The molecule has 160 valence electrons. The summed E-state index contributed by atoms with van der Waals surface area (Å²) in [6.45, 7) is 0. The van der Waals surface area contributed by atoms with E-state index in [4.69, 9.17) is 28.9 Å². The summed E-state index contributed by atoms with van der Waals surface area (Å²) in [5, 5.41) is 13.6. The quantitative estimate of drug-likeness (QED) is 0.639. The topological polar surface area (TPSA) is 99.2 Å². The van der Waals surface area contributed by atoms with Gasteiger partial charge >= 0.3 is 0 Å². The number of ketones is 1. The minimum Gasteiger partial charge on any atom is -0.384 e. The van der Waals surface area contributed by atoms with Crippen molar-refractivity contribution < 1.29 is 14.0 Å². The molecule has 3 N–H and O–H groups in total. The maximum absolute atomic E-state index is 14.3. The van der Waals surface area contributed by atoms with Gasteiger partial charge in [0.15, 0.2) is 5.78 Å². The van der Waals surface area contributed by atoms with E-state index in [1.807, 2.05) is 6.07 Å². The molecule has 0 fully saturated rings. The predicted octanol–water partition coefficient (Wildman–Crippen LogP) is 4.54. The molecule has 2 aliphatic heterocycles. The first-order chi connectivity index (χ1) is 15.3. The zero-order valence-electron chi connectivity index (χ0n) is 16.5. The van der Waals surface area contributed by atoms with Crippen molar-refractivity contribution >= 4 is 46.3 Å². The molecule has 5 rings (SSSR count). The molecule has 0 aromatic heterocycles. The molecule has 6 nitrogen and oxygen atoms in total. The Morgan fingerprint density at radius 3 is 2.53 bits per heavy atom. The lowest BCUT2D eigenvalue weighted by Gasteiger charge is -2.43. The van der Waals surface area contributed by atoms with Gasteiger partial charge in [0, 0.05) is 39.0 Å². The van der Waals surface area contributed by atoms with Crippen LogP contribution in [0.1, 0.15) is 24.8 Å². The molecule has 0 saturated heterocycles. The van der Waals surface area contributed by atoms with E-state index in [2.05, 4.69) is 5.32 Å². The van der Waals surface area contributed by atoms with Gasteiger partial charge in [-0.2, -0.15) is 5.26 Å². The summed E-state index contributed by atoms with van der Waals surface area (Å²) in [5.41, 5.74) is 6.15. The standard InChI is InChI=1S/C23H15Cl2FN4O2/c24-11-6-12(25)8-14(7-11)30-18-2-1-3-19(31)20(18)23(16(10-27)21(30)28)15-9-13(26)4-5-17(15)29-22(23)32/h4-9H,1-3,28H2,(H,29,32). The smallest absolute Gasteiger partial charge is 0.245 e. The van der Waals surface area contributed by atoms with Crippen molar-refractivity contribution in [3.05, 3.63) is 80.5 Å². The number of fused-ring (bicyclic) bond motifs is 3. The highest BCUT2D eigenvalue weighted by molar-refractivity contribution is 6.35. The summed E-state index contributed by atoms with van der Waals surface area (Å²) in [6.07, 6.45) is 1.15. The van der Waals surface area contributed by atoms with E-state index in [9.17, 15) is 19.2 Å². The van der Waals surface area contributed by atoms with Crippen LogP contribution in [0.15, 0.2) is 59.1 Å². The van der Waals surface area contributed by atoms with Gasteiger partial charge in [-0.1, -0.05) is 23.2 Å². The number of allylic oxidation sites excluding steroid dienone is 1. The first kappa shape index (κ1) is 20.6. The van der Waals surface area contributed by atoms with E-state index in [1.165, 1.54) is 18.2 Å². The van der Waals surface area contributed by atoms with Crippen molar-refractivity contribution in [3.63, 3.8) is 0 Å². The van der Waals surface area contributed by atoms with Crippen molar-refractivity contribution in [1.29, 1.82) is 5.26 Å². The summed E-state index contributed by atoms with van der Waals surface area (Å²) >= 11 is 12.4. The van der Waals surface area contributed by atoms with Gasteiger partial charge in [0.25, 0.3) is 0 Å². The van der Waals surface area contributed by atoms with Gasteiger partial charge in [-0.05, 0) is 49.2 Å². The third kappa shape index (κ3) is 2.63. The molecule has 0 bridgehead atoms. The fourth-order valence-electron chi connectivity index (χ4n) is 4.93. The largest absolute Gasteiger partial charge is 0.384 e. The second-order valence-electron chi connectivity index (χ2n) is 7.83. The number of Topliss-reactive ketones (excluding diaryl/α,β-unsaturated/α-hetero) is 1. The molecule has 1 spiro atoms. The first-order valence-corrected chi connectivity index (χ1v) is 10.6. The molecular weight excluding hydrogens is 454 g/mol. The Bertz CT molecular complexity index is 1320. The van der Waals surface area contributed by atoms with E-state index < -0.39 is 17.1 Å². The maximum atomic E-state index is 14.3. The van der Waals surface area contributed by atoms with E-state index in [0.29, 0.717) is 40.0 Å². The van der Waals surface area contributed by atoms with Crippen molar-refractivity contribution in [3.8, 4) is 6.07 Å². The summed E-state index contributed by atoms with van der Waals surface area (Å²) in [4.78, 5) is 28.3. The number of amides is 1. The number of nitrogens with zero attached hydrogens (tertiary/aromatic N) is 2. The molecular formula is C23H15Cl2FN4O2. The van der Waals surface area contributed by atoms with Gasteiger partial charge in [0.1, 0.15) is 23.1 Å². The Morgan fingerprint density at radius 1 is 1.12 bits per heavy atom. The molecule has 32 heavy (non-hydrogen) atoms. The summed E-state index contributed by atoms with van der Waals surface area (Å²) in [7, 11) is 0. The Kier molecular flexibility index (Phi) is 4.55. The van der Waals surface area contributed by atoms with Crippen molar-refractivity contribution in [2.24, 2.45) is 5.73 Å². The van der Waals surface area contributed by atoms with E-state index in [-0.39, 0.29) is 34.7 Å². The number of hydrogen-bond donors (Lipinski definition) is 2. The van der Waals surface area contributed by atoms with Crippen LogP contribution in [0, 0.1) is 17.1 Å². The van der Waals surface area contributed by atoms with Crippen LogP contribution in [0.25, 0.3) is 0 Å². The zero-order valence-corrected chi connectivity index (χ0v) is 18.0. The second-order valence-corrected chi connectivity index (χ2v) is 8.70. The molecule has 9 heteroatoms. The van der Waals surface area contributed by atoms with Crippen LogP contribution in [0.5, 0.6) is 0 Å². The molecule has 1 amide bonds. The highest BCUT2D eigenvalue weighted by Gasteiger charge is 2.60. The van der Waals surface area contributed by atoms with Crippen molar-refractivity contribution in [1.82, 2.24) is 0 Å². The number of anilines is 2. The number of carbonyl (C=O) groups excluding carboxylic acids is 2. The lowest BCUT2D eigenvalue weighted by atomic mass is 9.64. The predicted molar refractivity (Wildman–Crippen MR) is 118 cm³/mol. The Balaban J connectivity index is 1.90. The number of nitrogens with two attached hydrogens (primary N) is 1. The SMILES string of the molecule is N#CC1=C(N)N(c2cc(Cl)cc(Cl)c2)C2=C(C(=O)CCC2)C12C(=O)Nc1ccc(F)cc12. The zero-order chi connectivity index (χ0) is 22.8. The van der Waals surface area contributed by atoms with Gasteiger partial charge in [-0.25, -0.2) is 4.39 Å². The first-order valence-electron chi connectivity index (χ1n) is 9.84. The van der Waals surface area contributed by atoms with Gasteiger partial charge in [0.2, 0.25) is 5.91 Å². The highest BCUT2D eigenvalue weighted by Crippen LogP contribution is 2.55. The second kappa shape index (κ2) is 7.09. The number of rotatable bonds is 1. The van der Waals surface area contributed by atoms with E-state index in [0.717, 1.165) is 0 Å². The third-order valence-corrected chi connectivity index (χ3v) is 6.53. The van der Waals surface area contributed by atoms with Crippen LogP contribution < -0.4 is 16.0 Å². The monoisotopic (exact) mass is 468 g/mol. The molecule has 2 heterocycles. The molecule has 0 saturated carbocycles. The number of benzene rings is 2.